The minimum atomic E-state index is 0.683. The Morgan fingerprint density at radius 2 is 1.60 bits per heavy atom. The van der Waals surface area contributed by atoms with Crippen LogP contribution in [0.4, 0.5) is 0 Å². The van der Waals surface area contributed by atoms with E-state index in [0.29, 0.717) is 6.04 Å². The van der Waals surface area contributed by atoms with E-state index in [1.165, 1.54) is 51.7 Å². The quantitative estimate of drug-likeness (QED) is 0.563. The highest BCUT2D eigenvalue weighted by atomic mass is 15.1. The topological polar surface area (TPSA) is 15.3 Å². The molecule has 0 aromatic heterocycles. The molecule has 0 heterocycles. The minimum Gasteiger partial charge on any atom is -0.317 e. The fourth-order valence-electron chi connectivity index (χ4n) is 1.49. The lowest BCUT2D eigenvalue weighted by Gasteiger charge is -2.20. The van der Waals surface area contributed by atoms with Crippen LogP contribution >= 0.6 is 0 Å². The standard InChI is InChI=1S/C13H30N2/c1-5-6-7-10-14-11-8-9-12-15(4)13(2)3/h13-14H,5-12H2,1-4H3. The average molecular weight is 214 g/mol. The van der Waals surface area contributed by atoms with Crippen LogP contribution in [-0.4, -0.2) is 37.6 Å². The highest BCUT2D eigenvalue weighted by molar-refractivity contribution is 4.57. The molecular formula is C13H30N2. The molecule has 15 heavy (non-hydrogen) atoms. The Morgan fingerprint density at radius 3 is 2.13 bits per heavy atom. The molecule has 1 N–H and O–H groups in total. The molecule has 0 spiro atoms. The normalized spacial score (nSPS) is 11.6. The van der Waals surface area contributed by atoms with Gasteiger partial charge in [0, 0.05) is 6.04 Å². The molecule has 0 unspecified atom stereocenters. The fraction of sp³-hybridized carbons (Fsp3) is 1.00. The molecule has 0 rings (SSSR count). The number of nitrogens with one attached hydrogen (secondary N) is 1. The maximum Gasteiger partial charge on any atom is 0.00355 e. The van der Waals surface area contributed by atoms with E-state index in [-0.39, 0.29) is 0 Å². The zero-order valence-corrected chi connectivity index (χ0v) is 11.2. The second kappa shape index (κ2) is 10.4. The highest BCUT2D eigenvalue weighted by Gasteiger charge is 2.01. The molecule has 0 bridgehead atoms. The van der Waals surface area contributed by atoms with E-state index in [9.17, 15) is 0 Å². The first-order valence-electron chi connectivity index (χ1n) is 6.59. The SMILES string of the molecule is CCCCCNCCCCN(C)C(C)C. The summed E-state index contributed by atoms with van der Waals surface area (Å²) in [5.41, 5.74) is 0. The van der Waals surface area contributed by atoms with E-state index < -0.39 is 0 Å². The van der Waals surface area contributed by atoms with Crippen LogP contribution in [0.3, 0.4) is 0 Å². The second-order valence-corrected chi connectivity index (χ2v) is 4.74. The lowest BCUT2D eigenvalue weighted by Crippen LogP contribution is -2.28. The van der Waals surface area contributed by atoms with Crippen LogP contribution in [0.15, 0.2) is 0 Å². The summed E-state index contributed by atoms with van der Waals surface area (Å²) in [5.74, 6) is 0. The molecular weight excluding hydrogens is 184 g/mol. The van der Waals surface area contributed by atoms with E-state index in [4.69, 9.17) is 0 Å². The van der Waals surface area contributed by atoms with Crippen LogP contribution < -0.4 is 5.32 Å². The highest BCUT2D eigenvalue weighted by Crippen LogP contribution is 1.97. The molecule has 0 atom stereocenters. The smallest absolute Gasteiger partial charge is 0.00355 e. The average Bonchev–Trinajstić information content (AvgIpc) is 2.21. The molecule has 0 saturated heterocycles. The largest absolute Gasteiger partial charge is 0.317 e. The van der Waals surface area contributed by atoms with E-state index in [2.05, 4.69) is 38.0 Å². The molecule has 0 aliphatic heterocycles. The first-order chi connectivity index (χ1) is 7.18. The lowest BCUT2D eigenvalue weighted by molar-refractivity contribution is 0.268. The molecule has 92 valence electrons. The van der Waals surface area contributed by atoms with Gasteiger partial charge in [-0.05, 0) is 59.8 Å². The number of rotatable bonds is 10. The number of hydrogen-bond donors (Lipinski definition) is 1. The number of nitrogens with zero attached hydrogens (tertiary/aromatic N) is 1. The third-order valence-electron chi connectivity index (χ3n) is 2.95. The Hall–Kier alpha value is -0.0800. The van der Waals surface area contributed by atoms with Crippen LogP contribution in [0, 0.1) is 0 Å². The van der Waals surface area contributed by atoms with E-state index in [1.807, 2.05) is 0 Å². The van der Waals surface area contributed by atoms with Gasteiger partial charge in [0.05, 0.1) is 0 Å². The van der Waals surface area contributed by atoms with Crippen molar-refractivity contribution in [2.24, 2.45) is 0 Å². The van der Waals surface area contributed by atoms with Crippen LogP contribution in [-0.2, 0) is 0 Å². The van der Waals surface area contributed by atoms with Crippen molar-refractivity contribution in [3.05, 3.63) is 0 Å². The first kappa shape index (κ1) is 14.9. The minimum absolute atomic E-state index is 0.683. The Labute approximate surface area is 96.4 Å². The third kappa shape index (κ3) is 10.2. The van der Waals surface area contributed by atoms with Crippen molar-refractivity contribution >= 4 is 0 Å². The van der Waals surface area contributed by atoms with Crippen molar-refractivity contribution < 1.29 is 0 Å². The van der Waals surface area contributed by atoms with Gasteiger partial charge in [-0.25, -0.2) is 0 Å². The van der Waals surface area contributed by atoms with E-state index in [1.54, 1.807) is 0 Å². The number of hydrogen-bond acceptors (Lipinski definition) is 2. The summed E-state index contributed by atoms with van der Waals surface area (Å²) in [6.45, 7) is 10.4. The lowest BCUT2D eigenvalue weighted by atomic mass is 10.2. The van der Waals surface area contributed by atoms with Gasteiger partial charge in [0.2, 0.25) is 0 Å². The molecule has 0 aromatic rings. The maximum absolute atomic E-state index is 3.50. The first-order valence-corrected chi connectivity index (χ1v) is 6.59. The number of unbranched alkanes of at least 4 members (excludes halogenated alkanes) is 3. The fourth-order valence-corrected chi connectivity index (χ4v) is 1.49. The second-order valence-electron chi connectivity index (χ2n) is 4.74. The van der Waals surface area contributed by atoms with Crippen molar-refractivity contribution in [2.75, 3.05) is 26.7 Å². The molecule has 0 aromatic carbocycles. The summed E-state index contributed by atoms with van der Waals surface area (Å²) in [4.78, 5) is 2.41. The van der Waals surface area contributed by atoms with Gasteiger partial charge in [-0.1, -0.05) is 19.8 Å². The van der Waals surface area contributed by atoms with Crippen molar-refractivity contribution in [1.82, 2.24) is 10.2 Å². The summed E-state index contributed by atoms with van der Waals surface area (Å²) in [6, 6.07) is 0.683. The summed E-state index contributed by atoms with van der Waals surface area (Å²) < 4.78 is 0. The van der Waals surface area contributed by atoms with Crippen LogP contribution in [0.5, 0.6) is 0 Å². The van der Waals surface area contributed by atoms with Crippen molar-refractivity contribution in [3.8, 4) is 0 Å². The molecule has 0 aliphatic carbocycles. The van der Waals surface area contributed by atoms with Gasteiger partial charge in [0.1, 0.15) is 0 Å². The summed E-state index contributed by atoms with van der Waals surface area (Å²) in [6.07, 6.45) is 6.64. The predicted octanol–water partition coefficient (Wildman–Crippen LogP) is 2.89. The van der Waals surface area contributed by atoms with Gasteiger partial charge in [0.15, 0.2) is 0 Å². The predicted molar refractivity (Wildman–Crippen MR) is 69.4 cm³/mol. The molecule has 0 aliphatic rings. The van der Waals surface area contributed by atoms with E-state index in [0.717, 1.165) is 0 Å². The summed E-state index contributed by atoms with van der Waals surface area (Å²) >= 11 is 0. The zero-order valence-electron chi connectivity index (χ0n) is 11.2. The summed E-state index contributed by atoms with van der Waals surface area (Å²) in [7, 11) is 2.21. The van der Waals surface area contributed by atoms with Gasteiger partial charge >= 0.3 is 0 Å². The molecule has 2 heteroatoms. The maximum atomic E-state index is 3.50. The van der Waals surface area contributed by atoms with Gasteiger partial charge < -0.3 is 10.2 Å². The molecule has 0 amide bonds. The van der Waals surface area contributed by atoms with Crippen molar-refractivity contribution in [3.63, 3.8) is 0 Å². The monoisotopic (exact) mass is 214 g/mol. The molecule has 2 nitrogen and oxygen atoms in total. The zero-order chi connectivity index (χ0) is 11.5. The van der Waals surface area contributed by atoms with Crippen molar-refractivity contribution in [1.29, 1.82) is 0 Å². The molecule has 0 fully saturated rings. The van der Waals surface area contributed by atoms with Gasteiger partial charge in [-0.15, -0.1) is 0 Å². The molecule has 0 saturated carbocycles. The van der Waals surface area contributed by atoms with Gasteiger partial charge in [-0.3, -0.25) is 0 Å². The molecule has 0 radical (unpaired) electrons. The Bertz CT molecular complexity index is 124. The van der Waals surface area contributed by atoms with Crippen molar-refractivity contribution in [2.45, 2.75) is 58.9 Å². The van der Waals surface area contributed by atoms with E-state index >= 15 is 0 Å². The third-order valence-corrected chi connectivity index (χ3v) is 2.95. The Morgan fingerprint density at radius 1 is 1.00 bits per heavy atom. The van der Waals surface area contributed by atoms with Crippen LogP contribution in [0.2, 0.25) is 0 Å². The van der Waals surface area contributed by atoms with Gasteiger partial charge in [0.25, 0.3) is 0 Å². The Kier molecular flexibility index (Phi) is 10.4. The van der Waals surface area contributed by atoms with Crippen LogP contribution in [0.25, 0.3) is 0 Å². The summed E-state index contributed by atoms with van der Waals surface area (Å²) in [5, 5.41) is 3.50. The van der Waals surface area contributed by atoms with Gasteiger partial charge in [-0.2, -0.15) is 0 Å². The Balaban J connectivity index is 3.05. The van der Waals surface area contributed by atoms with Crippen LogP contribution in [0.1, 0.15) is 52.9 Å².